The Bertz CT molecular complexity index is 722. The van der Waals surface area contributed by atoms with Gasteiger partial charge in [-0.05, 0) is 30.0 Å². The van der Waals surface area contributed by atoms with Crippen molar-refractivity contribution in [1.29, 1.82) is 0 Å². The smallest absolute Gasteiger partial charge is 0.254 e. The number of rotatable bonds is 6. The lowest BCUT2D eigenvalue weighted by Gasteiger charge is -2.19. The molecule has 0 bridgehead atoms. The van der Waals surface area contributed by atoms with E-state index in [1.807, 2.05) is 36.6 Å². The molecule has 0 aliphatic heterocycles. The highest BCUT2D eigenvalue weighted by Crippen LogP contribution is 2.20. The zero-order valence-corrected chi connectivity index (χ0v) is 14.3. The lowest BCUT2D eigenvalue weighted by molar-refractivity contribution is -0.114. The van der Waals surface area contributed by atoms with Crippen LogP contribution in [0.25, 0.3) is 0 Å². The van der Waals surface area contributed by atoms with Crippen molar-refractivity contribution in [3.05, 3.63) is 65.5 Å². The number of benzene rings is 2. The Morgan fingerprint density at radius 2 is 1.88 bits per heavy atom. The average Bonchev–Trinajstić information content (AvgIpc) is 2.56. The van der Waals surface area contributed by atoms with E-state index in [4.69, 9.17) is 0 Å². The van der Waals surface area contributed by atoms with E-state index in [0.29, 0.717) is 11.4 Å². The van der Waals surface area contributed by atoms with Crippen molar-refractivity contribution in [3.63, 3.8) is 0 Å². The predicted molar refractivity (Wildman–Crippen MR) is 95.7 cm³/mol. The standard InChI is InChI=1S/C18H19FN2O2S/c1-12(22)20-14-8-9-16(19)15(10-14)18(23)21-17(11-24-2)13-6-4-3-5-7-13/h3-10,17H,11H2,1-2H3,(H,20,22)(H,21,23). The van der Waals surface area contributed by atoms with Gasteiger partial charge < -0.3 is 10.6 Å². The van der Waals surface area contributed by atoms with Crippen LogP contribution in [0.3, 0.4) is 0 Å². The molecule has 2 N–H and O–H groups in total. The number of nitrogens with one attached hydrogen (secondary N) is 2. The maximum atomic E-state index is 14.0. The summed E-state index contributed by atoms with van der Waals surface area (Å²) in [5.41, 5.74) is 1.25. The SMILES string of the molecule is CSCC(NC(=O)c1cc(NC(C)=O)ccc1F)c1ccccc1. The molecule has 0 aliphatic rings. The zero-order chi connectivity index (χ0) is 17.5. The Labute approximate surface area is 144 Å². The molecule has 1 unspecified atom stereocenters. The number of amides is 2. The van der Waals surface area contributed by atoms with Crippen LogP contribution in [0.5, 0.6) is 0 Å². The van der Waals surface area contributed by atoms with Gasteiger partial charge in [-0.15, -0.1) is 0 Å². The number of hydrogen-bond acceptors (Lipinski definition) is 3. The van der Waals surface area contributed by atoms with E-state index in [0.717, 1.165) is 5.56 Å². The summed E-state index contributed by atoms with van der Waals surface area (Å²) in [5.74, 6) is -0.749. The first-order valence-electron chi connectivity index (χ1n) is 7.43. The Kier molecular flexibility index (Phi) is 6.37. The van der Waals surface area contributed by atoms with E-state index in [1.54, 1.807) is 11.8 Å². The Morgan fingerprint density at radius 1 is 1.17 bits per heavy atom. The van der Waals surface area contributed by atoms with Crippen molar-refractivity contribution in [2.24, 2.45) is 0 Å². The Balaban J connectivity index is 2.22. The fourth-order valence-corrected chi connectivity index (χ4v) is 2.90. The third kappa shape index (κ3) is 4.83. The maximum absolute atomic E-state index is 14.0. The number of carbonyl (C=O) groups is 2. The number of halogens is 1. The van der Waals surface area contributed by atoms with Gasteiger partial charge in [0.15, 0.2) is 0 Å². The monoisotopic (exact) mass is 346 g/mol. The molecule has 2 aromatic carbocycles. The summed E-state index contributed by atoms with van der Waals surface area (Å²) in [7, 11) is 0. The first-order valence-corrected chi connectivity index (χ1v) is 8.82. The second-order valence-electron chi connectivity index (χ2n) is 5.27. The van der Waals surface area contributed by atoms with Crippen molar-refractivity contribution in [2.45, 2.75) is 13.0 Å². The molecule has 126 valence electrons. The molecule has 1 atom stereocenters. The number of anilines is 1. The average molecular weight is 346 g/mol. The molecular weight excluding hydrogens is 327 g/mol. The van der Waals surface area contributed by atoms with Gasteiger partial charge in [0.25, 0.3) is 5.91 Å². The van der Waals surface area contributed by atoms with E-state index in [9.17, 15) is 14.0 Å². The molecule has 2 rings (SSSR count). The summed E-state index contributed by atoms with van der Waals surface area (Å²) < 4.78 is 14.0. The number of carbonyl (C=O) groups excluding carboxylic acids is 2. The van der Waals surface area contributed by atoms with Gasteiger partial charge >= 0.3 is 0 Å². The molecule has 0 saturated carbocycles. The van der Waals surface area contributed by atoms with Crippen LogP contribution in [-0.2, 0) is 4.79 Å². The second kappa shape index (κ2) is 8.49. The summed E-state index contributed by atoms with van der Waals surface area (Å²) in [4.78, 5) is 23.6. The predicted octanol–water partition coefficient (Wildman–Crippen LogP) is 3.62. The van der Waals surface area contributed by atoms with Gasteiger partial charge in [0, 0.05) is 18.4 Å². The van der Waals surface area contributed by atoms with Gasteiger partial charge in [0.05, 0.1) is 11.6 Å². The topological polar surface area (TPSA) is 58.2 Å². The minimum Gasteiger partial charge on any atom is -0.344 e. The van der Waals surface area contributed by atoms with Crippen LogP contribution in [-0.4, -0.2) is 23.8 Å². The van der Waals surface area contributed by atoms with Crippen molar-refractivity contribution < 1.29 is 14.0 Å². The van der Waals surface area contributed by atoms with Gasteiger partial charge in [0.1, 0.15) is 5.82 Å². The molecule has 0 aliphatic carbocycles. The molecule has 2 amide bonds. The van der Waals surface area contributed by atoms with Gasteiger partial charge in [-0.3, -0.25) is 9.59 Å². The van der Waals surface area contributed by atoms with Crippen molar-refractivity contribution >= 4 is 29.3 Å². The second-order valence-corrected chi connectivity index (χ2v) is 6.18. The van der Waals surface area contributed by atoms with Crippen molar-refractivity contribution in [2.75, 3.05) is 17.3 Å². The lowest BCUT2D eigenvalue weighted by atomic mass is 10.1. The first kappa shape index (κ1) is 18.0. The fourth-order valence-electron chi connectivity index (χ4n) is 2.29. The van der Waals surface area contributed by atoms with Crippen LogP contribution in [0.4, 0.5) is 10.1 Å². The minimum absolute atomic E-state index is 0.0942. The van der Waals surface area contributed by atoms with Crippen molar-refractivity contribution in [3.8, 4) is 0 Å². The summed E-state index contributed by atoms with van der Waals surface area (Å²) in [6.45, 7) is 1.35. The lowest BCUT2D eigenvalue weighted by Crippen LogP contribution is -2.30. The molecule has 0 spiro atoms. The van der Waals surface area contributed by atoms with Gasteiger partial charge in [-0.25, -0.2) is 4.39 Å². The molecular formula is C18H19FN2O2S. The van der Waals surface area contributed by atoms with Crippen molar-refractivity contribution in [1.82, 2.24) is 5.32 Å². The highest BCUT2D eigenvalue weighted by molar-refractivity contribution is 7.98. The first-order chi connectivity index (χ1) is 11.5. The summed E-state index contributed by atoms with van der Waals surface area (Å²) in [6, 6.07) is 13.2. The molecule has 2 aromatic rings. The Morgan fingerprint density at radius 3 is 2.50 bits per heavy atom. The van der Waals surface area contributed by atoms with Crippen LogP contribution in [0.2, 0.25) is 0 Å². The largest absolute Gasteiger partial charge is 0.344 e. The van der Waals surface area contributed by atoms with Crippen LogP contribution < -0.4 is 10.6 Å². The molecule has 24 heavy (non-hydrogen) atoms. The molecule has 6 heteroatoms. The van der Waals surface area contributed by atoms with Crippen LogP contribution in [0.1, 0.15) is 28.9 Å². The summed E-state index contributed by atoms with van der Waals surface area (Å²) in [6.07, 6.45) is 1.94. The molecule has 0 fully saturated rings. The van der Waals surface area contributed by atoms with Gasteiger partial charge in [0.2, 0.25) is 5.91 Å². The fraction of sp³-hybridized carbons (Fsp3) is 0.222. The van der Waals surface area contributed by atoms with E-state index in [1.165, 1.54) is 25.1 Å². The van der Waals surface area contributed by atoms with Crippen LogP contribution in [0.15, 0.2) is 48.5 Å². The maximum Gasteiger partial charge on any atom is 0.254 e. The Hall–Kier alpha value is -2.34. The number of thioether (sulfide) groups is 1. The molecule has 0 saturated heterocycles. The minimum atomic E-state index is -0.627. The van der Waals surface area contributed by atoms with Crippen LogP contribution in [0, 0.1) is 5.82 Å². The van der Waals surface area contributed by atoms with Gasteiger partial charge in [-0.1, -0.05) is 30.3 Å². The normalized spacial score (nSPS) is 11.6. The highest BCUT2D eigenvalue weighted by Gasteiger charge is 2.18. The quantitative estimate of drug-likeness (QED) is 0.840. The number of hydrogen-bond donors (Lipinski definition) is 2. The third-order valence-corrected chi connectivity index (χ3v) is 4.04. The molecule has 0 heterocycles. The summed E-state index contributed by atoms with van der Waals surface area (Å²) >= 11 is 1.59. The highest BCUT2D eigenvalue weighted by atomic mass is 32.2. The molecule has 4 nitrogen and oxygen atoms in total. The molecule has 0 aromatic heterocycles. The zero-order valence-electron chi connectivity index (χ0n) is 13.5. The molecule has 0 radical (unpaired) electrons. The van der Waals surface area contributed by atoms with E-state index in [2.05, 4.69) is 10.6 Å². The third-order valence-electron chi connectivity index (χ3n) is 3.37. The summed E-state index contributed by atoms with van der Waals surface area (Å²) in [5, 5.41) is 5.41. The van der Waals surface area contributed by atoms with Gasteiger partial charge in [-0.2, -0.15) is 11.8 Å². The van der Waals surface area contributed by atoms with E-state index in [-0.39, 0.29) is 17.5 Å². The van der Waals surface area contributed by atoms with E-state index < -0.39 is 11.7 Å². The van der Waals surface area contributed by atoms with E-state index >= 15 is 0 Å². The van der Waals surface area contributed by atoms with Crippen LogP contribution >= 0.6 is 11.8 Å².